The summed E-state index contributed by atoms with van der Waals surface area (Å²) >= 11 is 0. The lowest BCUT2D eigenvalue weighted by molar-refractivity contribution is 0.0965. The average molecular weight is 264 g/mol. The van der Waals surface area contributed by atoms with E-state index in [2.05, 4.69) is 49.2 Å². The smallest absolute Gasteiger partial charge is 0.0951 e. The SMILES string of the molecule is CC(N(C)C(CN)c1cncn1C1CC1)C(C)(C)C. The Balaban J connectivity index is 2.21. The molecule has 4 heteroatoms. The molecule has 2 atom stereocenters. The molecule has 2 unspecified atom stereocenters. The van der Waals surface area contributed by atoms with Crippen LogP contribution in [-0.4, -0.2) is 34.1 Å². The molecule has 0 amide bonds. The molecule has 19 heavy (non-hydrogen) atoms. The zero-order valence-corrected chi connectivity index (χ0v) is 12.9. The summed E-state index contributed by atoms with van der Waals surface area (Å²) in [5.74, 6) is 0. The quantitative estimate of drug-likeness (QED) is 0.889. The molecule has 1 aromatic rings. The second-order valence-electron chi connectivity index (χ2n) is 6.92. The Morgan fingerprint density at radius 2 is 2.11 bits per heavy atom. The fourth-order valence-corrected chi connectivity index (χ4v) is 2.61. The van der Waals surface area contributed by atoms with Crippen LogP contribution in [0.15, 0.2) is 12.5 Å². The van der Waals surface area contributed by atoms with Crippen molar-refractivity contribution in [1.82, 2.24) is 14.5 Å². The van der Waals surface area contributed by atoms with Gasteiger partial charge in [0.05, 0.1) is 18.1 Å². The molecule has 108 valence electrons. The molecule has 0 saturated heterocycles. The van der Waals surface area contributed by atoms with Gasteiger partial charge in [-0.15, -0.1) is 0 Å². The van der Waals surface area contributed by atoms with E-state index in [0.717, 1.165) is 0 Å². The molecule has 1 saturated carbocycles. The van der Waals surface area contributed by atoms with Gasteiger partial charge >= 0.3 is 0 Å². The molecule has 1 fully saturated rings. The van der Waals surface area contributed by atoms with Crippen LogP contribution in [0.5, 0.6) is 0 Å². The van der Waals surface area contributed by atoms with E-state index >= 15 is 0 Å². The van der Waals surface area contributed by atoms with Crippen molar-refractivity contribution in [3.8, 4) is 0 Å². The number of hydrogen-bond donors (Lipinski definition) is 1. The summed E-state index contributed by atoms with van der Waals surface area (Å²) in [7, 11) is 2.18. The summed E-state index contributed by atoms with van der Waals surface area (Å²) in [6.07, 6.45) is 6.51. The normalized spacial score (nSPS) is 19.7. The number of rotatable bonds is 5. The number of aromatic nitrogens is 2. The molecule has 0 aliphatic heterocycles. The number of hydrogen-bond acceptors (Lipinski definition) is 3. The van der Waals surface area contributed by atoms with Crippen molar-refractivity contribution in [1.29, 1.82) is 0 Å². The molecule has 1 aromatic heterocycles. The van der Waals surface area contributed by atoms with E-state index in [0.29, 0.717) is 18.6 Å². The first-order chi connectivity index (χ1) is 8.86. The van der Waals surface area contributed by atoms with Gasteiger partial charge in [0.2, 0.25) is 0 Å². The van der Waals surface area contributed by atoms with Gasteiger partial charge in [-0.2, -0.15) is 0 Å². The highest BCUT2D eigenvalue weighted by molar-refractivity contribution is 5.10. The third-order valence-corrected chi connectivity index (χ3v) is 4.56. The Labute approximate surface area is 117 Å². The predicted molar refractivity (Wildman–Crippen MR) is 79.0 cm³/mol. The minimum Gasteiger partial charge on any atom is -0.330 e. The van der Waals surface area contributed by atoms with Crippen molar-refractivity contribution in [2.45, 2.75) is 58.7 Å². The lowest BCUT2D eigenvalue weighted by Gasteiger charge is -2.40. The van der Waals surface area contributed by atoms with E-state index in [1.807, 2.05) is 12.5 Å². The van der Waals surface area contributed by atoms with E-state index in [-0.39, 0.29) is 11.5 Å². The number of nitrogens with zero attached hydrogens (tertiary/aromatic N) is 3. The standard InChI is InChI=1S/C15H28N4/c1-11(15(2,3)4)18(5)13(8-16)14-9-17-10-19(14)12-6-7-12/h9-13H,6-8,16H2,1-5H3. The highest BCUT2D eigenvalue weighted by Crippen LogP contribution is 2.38. The molecule has 2 rings (SSSR count). The highest BCUT2D eigenvalue weighted by Gasteiger charge is 2.33. The van der Waals surface area contributed by atoms with Gasteiger partial charge in [-0.1, -0.05) is 20.8 Å². The van der Waals surface area contributed by atoms with Crippen LogP contribution >= 0.6 is 0 Å². The predicted octanol–water partition coefficient (Wildman–Crippen LogP) is 2.58. The van der Waals surface area contributed by atoms with Gasteiger partial charge in [0.25, 0.3) is 0 Å². The third-order valence-electron chi connectivity index (χ3n) is 4.56. The van der Waals surface area contributed by atoms with Crippen LogP contribution in [0.25, 0.3) is 0 Å². The van der Waals surface area contributed by atoms with Crippen LogP contribution in [-0.2, 0) is 0 Å². The van der Waals surface area contributed by atoms with Crippen molar-refractivity contribution in [2.75, 3.05) is 13.6 Å². The first-order valence-corrected chi connectivity index (χ1v) is 7.30. The van der Waals surface area contributed by atoms with Gasteiger partial charge in [-0.3, -0.25) is 4.90 Å². The minimum absolute atomic E-state index is 0.243. The van der Waals surface area contributed by atoms with E-state index < -0.39 is 0 Å². The number of likely N-dealkylation sites (N-methyl/N-ethyl adjacent to an activating group) is 1. The molecule has 1 heterocycles. The summed E-state index contributed by atoms with van der Waals surface area (Å²) in [6, 6.07) is 1.37. The van der Waals surface area contributed by atoms with Crippen LogP contribution in [0.1, 0.15) is 58.3 Å². The van der Waals surface area contributed by atoms with Crippen molar-refractivity contribution >= 4 is 0 Å². The molecular weight excluding hydrogens is 236 g/mol. The number of nitrogens with two attached hydrogens (primary N) is 1. The molecule has 1 aliphatic rings. The summed E-state index contributed by atoms with van der Waals surface area (Å²) in [4.78, 5) is 6.74. The largest absolute Gasteiger partial charge is 0.330 e. The van der Waals surface area contributed by atoms with Gasteiger partial charge in [-0.25, -0.2) is 4.98 Å². The minimum atomic E-state index is 0.243. The molecule has 0 radical (unpaired) electrons. The zero-order valence-electron chi connectivity index (χ0n) is 12.9. The topological polar surface area (TPSA) is 47.1 Å². The van der Waals surface area contributed by atoms with Gasteiger partial charge in [0, 0.05) is 24.8 Å². The number of imidazole rings is 1. The maximum atomic E-state index is 6.05. The monoisotopic (exact) mass is 264 g/mol. The molecule has 4 nitrogen and oxygen atoms in total. The first kappa shape index (κ1) is 14.5. The summed E-state index contributed by atoms with van der Waals surface area (Å²) < 4.78 is 2.32. The molecule has 0 aromatic carbocycles. The molecule has 0 bridgehead atoms. The second kappa shape index (κ2) is 5.25. The highest BCUT2D eigenvalue weighted by atomic mass is 15.2. The third kappa shape index (κ3) is 3.00. The summed E-state index contributed by atoms with van der Waals surface area (Å²) in [5, 5.41) is 0. The van der Waals surface area contributed by atoms with E-state index in [4.69, 9.17) is 5.73 Å². The Kier molecular flexibility index (Phi) is 4.02. The summed E-state index contributed by atoms with van der Waals surface area (Å²) in [6.45, 7) is 9.75. The molecule has 2 N–H and O–H groups in total. The summed E-state index contributed by atoms with van der Waals surface area (Å²) in [5.41, 5.74) is 7.56. The van der Waals surface area contributed by atoms with Gasteiger partial charge < -0.3 is 10.3 Å². The zero-order chi connectivity index (χ0) is 14.2. The van der Waals surface area contributed by atoms with Gasteiger partial charge in [-0.05, 0) is 32.2 Å². The lowest BCUT2D eigenvalue weighted by Crippen LogP contribution is -2.44. The van der Waals surface area contributed by atoms with Crippen molar-refractivity contribution in [3.05, 3.63) is 18.2 Å². The van der Waals surface area contributed by atoms with E-state index in [9.17, 15) is 0 Å². The molecule has 1 aliphatic carbocycles. The van der Waals surface area contributed by atoms with Crippen molar-refractivity contribution in [3.63, 3.8) is 0 Å². The van der Waals surface area contributed by atoms with Crippen LogP contribution in [0.2, 0.25) is 0 Å². The van der Waals surface area contributed by atoms with Crippen molar-refractivity contribution < 1.29 is 0 Å². The fraction of sp³-hybridized carbons (Fsp3) is 0.800. The van der Waals surface area contributed by atoms with E-state index in [1.165, 1.54) is 18.5 Å². The Morgan fingerprint density at radius 3 is 2.58 bits per heavy atom. The van der Waals surface area contributed by atoms with Gasteiger partial charge in [0.1, 0.15) is 0 Å². The fourth-order valence-electron chi connectivity index (χ4n) is 2.61. The maximum Gasteiger partial charge on any atom is 0.0951 e. The van der Waals surface area contributed by atoms with E-state index in [1.54, 1.807) is 0 Å². The Hall–Kier alpha value is -0.870. The van der Waals surface area contributed by atoms with Crippen LogP contribution in [0.3, 0.4) is 0 Å². The average Bonchev–Trinajstić information content (AvgIpc) is 3.08. The lowest BCUT2D eigenvalue weighted by atomic mass is 9.86. The second-order valence-corrected chi connectivity index (χ2v) is 6.92. The first-order valence-electron chi connectivity index (χ1n) is 7.30. The molecular formula is C15H28N4. The van der Waals surface area contributed by atoms with Crippen molar-refractivity contribution in [2.24, 2.45) is 11.1 Å². The Bertz CT molecular complexity index is 414. The van der Waals surface area contributed by atoms with Gasteiger partial charge in [0.15, 0.2) is 0 Å². The maximum absolute atomic E-state index is 6.05. The van der Waals surface area contributed by atoms with Crippen LogP contribution < -0.4 is 5.73 Å². The van der Waals surface area contributed by atoms with Crippen LogP contribution in [0.4, 0.5) is 0 Å². The molecule has 0 spiro atoms. The van der Waals surface area contributed by atoms with Crippen LogP contribution in [0, 0.1) is 5.41 Å². The Morgan fingerprint density at radius 1 is 1.47 bits per heavy atom.